The Labute approximate surface area is 192 Å². The number of aromatic nitrogens is 4. The summed E-state index contributed by atoms with van der Waals surface area (Å²) in [5.74, 6) is 2.67. The number of anilines is 1. The Bertz CT molecular complexity index is 1240. The molecule has 0 radical (unpaired) electrons. The quantitative estimate of drug-likeness (QED) is 0.369. The maximum absolute atomic E-state index is 12.4. The average Bonchev–Trinajstić information content (AvgIpc) is 3.37. The maximum Gasteiger partial charge on any atom is 0.236 e. The van der Waals surface area contributed by atoms with Crippen LogP contribution >= 0.6 is 23.1 Å². The van der Waals surface area contributed by atoms with Crippen LogP contribution in [0.3, 0.4) is 0 Å². The van der Waals surface area contributed by atoms with Crippen molar-refractivity contribution >= 4 is 44.4 Å². The van der Waals surface area contributed by atoms with Gasteiger partial charge in [0.05, 0.1) is 30.2 Å². The summed E-state index contributed by atoms with van der Waals surface area (Å²) < 4.78 is 19.1. The van der Waals surface area contributed by atoms with E-state index >= 15 is 0 Å². The first-order valence-electron chi connectivity index (χ1n) is 9.58. The van der Waals surface area contributed by atoms with E-state index in [1.54, 1.807) is 18.8 Å². The van der Waals surface area contributed by atoms with Crippen molar-refractivity contribution in [3.63, 3.8) is 0 Å². The highest BCUT2D eigenvalue weighted by atomic mass is 32.2. The molecule has 0 aliphatic heterocycles. The van der Waals surface area contributed by atoms with Crippen molar-refractivity contribution in [3.8, 4) is 17.2 Å². The molecule has 1 amide bonds. The molecule has 32 heavy (non-hydrogen) atoms. The molecule has 0 fully saturated rings. The summed E-state index contributed by atoms with van der Waals surface area (Å²) >= 11 is 2.69. The lowest BCUT2D eigenvalue weighted by Crippen LogP contribution is -2.14. The molecule has 0 saturated carbocycles. The highest BCUT2D eigenvalue weighted by Crippen LogP contribution is 2.30. The highest BCUT2D eigenvalue weighted by molar-refractivity contribution is 7.99. The molecule has 2 aromatic carbocycles. The third kappa shape index (κ3) is 4.94. The average molecular weight is 472 g/mol. The smallest absolute Gasteiger partial charge is 0.236 e. The fraction of sp³-hybridized carbons (Fsp3) is 0.238. The van der Waals surface area contributed by atoms with Gasteiger partial charge in [-0.15, -0.1) is 10.2 Å². The third-order valence-electron chi connectivity index (χ3n) is 4.53. The zero-order chi connectivity index (χ0) is 22.5. The van der Waals surface area contributed by atoms with E-state index < -0.39 is 0 Å². The van der Waals surface area contributed by atoms with Gasteiger partial charge in [-0.1, -0.05) is 35.2 Å². The van der Waals surface area contributed by atoms with Crippen LogP contribution in [0.25, 0.3) is 10.2 Å². The summed E-state index contributed by atoms with van der Waals surface area (Å²) in [4.78, 5) is 16.8. The van der Waals surface area contributed by atoms with Gasteiger partial charge >= 0.3 is 0 Å². The Morgan fingerprint density at radius 3 is 2.72 bits per heavy atom. The Hall–Kier alpha value is -3.31. The molecule has 0 unspecified atom stereocenters. The van der Waals surface area contributed by atoms with Crippen LogP contribution in [0.4, 0.5) is 5.13 Å². The van der Waals surface area contributed by atoms with E-state index in [0.717, 1.165) is 16.0 Å². The zero-order valence-electron chi connectivity index (χ0n) is 17.7. The van der Waals surface area contributed by atoms with Gasteiger partial charge in [0.25, 0.3) is 0 Å². The Balaban J connectivity index is 1.33. The predicted molar refractivity (Wildman–Crippen MR) is 124 cm³/mol. The second-order valence-electron chi connectivity index (χ2n) is 6.59. The van der Waals surface area contributed by atoms with Crippen molar-refractivity contribution in [1.82, 2.24) is 19.7 Å². The zero-order valence-corrected chi connectivity index (χ0v) is 19.3. The fourth-order valence-corrected chi connectivity index (χ4v) is 4.49. The Kier molecular flexibility index (Phi) is 6.76. The molecule has 4 rings (SSSR count). The number of nitrogens with zero attached hydrogens (tertiary/aromatic N) is 4. The van der Waals surface area contributed by atoms with E-state index in [1.807, 2.05) is 49.5 Å². The molecule has 166 valence electrons. The van der Waals surface area contributed by atoms with Crippen LogP contribution in [0.5, 0.6) is 17.2 Å². The van der Waals surface area contributed by atoms with E-state index in [9.17, 15) is 4.79 Å². The molecule has 1 N–H and O–H groups in total. The summed E-state index contributed by atoms with van der Waals surface area (Å²) in [5, 5.41) is 12.3. The number of benzene rings is 2. The SMILES string of the molecule is COc1ccc2nc(NC(=O)CSc3nnc(COc4ccccc4OC)n3C)sc2c1. The van der Waals surface area contributed by atoms with Crippen LogP contribution in [-0.4, -0.2) is 45.6 Å². The first-order valence-corrected chi connectivity index (χ1v) is 11.4. The fourth-order valence-electron chi connectivity index (χ4n) is 2.85. The first-order chi connectivity index (χ1) is 15.6. The van der Waals surface area contributed by atoms with Crippen LogP contribution in [0.2, 0.25) is 0 Å². The van der Waals surface area contributed by atoms with E-state index in [4.69, 9.17) is 14.2 Å². The number of hydrogen-bond acceptors (Lipinski definition) is 9. The molecule has 2 heterocycles. The summed E-state index contributed by atoms with van der Waals surface area (Å²) in [5.41, 5.74) is 0.812. The number of methoxy groups -OCH3 is 2. The molecule has 0 aliphatic rings. The number of ether oxygens (including phenoxy) is 3. The largest absolute Gasteiger partial charge is 0.497 e. The standard InChI is InChI=1S/C21H21N5O4S2/c1-26-18(11-30-16-7-5-4-6-15(16)29-3)24-25-21(26)31-12-19(27)23-20-22-14-9-8-13(28-2)10-17(14)32-20/h4-10H,11-12H2,1-3H3,(H,22,23,27). The van der Waals surface area contributed by atoms with Gasteiger partial charge in [0.1, 0.15) is 12.4 Å². The number of rotatable bonds is 9. The van der Waals surface area contributed by atoms with Crippen molar-refractivity contribution in [2.75, 3.05) is 25.3 Å². The molecule has 0 bridgehead atoms. The minimum absolute atomic E-state index is 0.171. The van der Waals surface area contributed by atoms with Crippen LogP contribution in [0.1, 0.15) is 5.82 Å². The lowest BCUT2D eigenvalue weighted by molar-refractivity contribution is -0.113. The van der Waals surface area contributed by atoms with Gasteiger partial charge in [0.2, 0.25) is 5.91 Å². The summed E-state index contributed by atoms with van der Waals surface area (Å²) in [7, 11) is 5.04. The summed E-state index contributed by atoms with van der Waals surface area (Å²) in [6.45, 7) is 0.228. The van der Waals surface area contributed by atoms with Gasteiger partial charge in [-0.2, -0.15) is 0 Å². The molecular formula is C21H21N5O4S2. The Morgan fingerprint density at radius 1 is 1.12 bits per heavy atom. The molecule has 0 spiro atoms. The van der Waals surface area contributed by atoms with Gasteiger partial charge in [-0.05, 0) is 30.3 Å². The highest BCUT2D eigenvalue weighted by Gasteiger charge is 2.14. The van der Waals surface area contributed by atoms with E-state index in [0.29, 0.717) is 27.6 Å². The molecule has 11 heteroatoms. The number of thiazole rings is 1. The molecule has 0 aliphatic carbocycles. The normalized spacial score (nSPS) is 10.8. The van der Waals surface area contributed by atoms with Gasteiger partial charge in [0.15, 0.2) is 27.6 Å². The molecule has 0 atom stereocenters. The van der Waals surface area contributed by atoms with Crippen LogP contribution in [0, 0.1) is 0 Å². The van der Waals surface area contributed by atoms with Crippen LogP contribution in [-0.2, 0) is 18.4 Å². The number of nitrogens with one attached hydrogen (secondary N) is 1. The third-order valence-corrected chi connectivity index (χ3v) is 6.48. The van der Waals surface area contributed by atoms with Gasteiger partial charge < -0.3 is 24.1 Å². The molecule has 4 aromatic rings. The number of thioether (sulfide) groups is 1. The number of carbonyl (C=O) groups is 1. The summed E-state index contributed by atoms with van der Waals surface area (Å²) in [6, 6.07) is 13.0. The number of para-hydroxylation sites is 2. The number of hydrogen-bond donors (Lipinski definition) is 1. The van der Waals surface area contributed by atoms with E-state index in [2.05, 4.69) is 20.5 Å². The first kappa shape index (κ1) is 21.9. The van der Waals surface area contributed by atoms with Crippen LogP contribution in [0.15, 0.2) is 47.6 Å². The molecular weight excluding hydrogens is 450 g/mol. The van der Waals surface area contributed by atoms with Crippen LogP contribution < -0.4 is 19.5 Å². The van der Waals surface area contributed by atoms with Gasteiger partial charge in [0, 0.05) is 7.05 Å². The lowest BCUT2D eigenvalue weighted by atomic mass is 10.3. The molecule has 2 aromatic heterocycles. The lowest BCUT2D eigenvalue weighted by Gasteiger charge is -2.10. The molecule has 9 nitrogen and oxygen atoms in total. The summed E-state index contributed by atoms with van der Waals surface area (Å²) in [6.07, 6.45) is 0. The van der Waals surface area contributed by atoms with Gasteiger partial charge in [-0.25, -0.2) is 4.98 Å². The maximum atomic E-state index is 12.4. The van der Waals surface area contributed by atoms with Crippen molar-refractivity contribution in [2.45, 2.75) is 11.8 Å². The van der Waals surface area contributed by atoms with Crippen molar-refractivity contribution in [2.24, 2.45) is 7.05 Å². The van der Waals surface area contributed by atoms with E-state index in [-0.39, 0.29) is 18.3 Å². The predicted octanol–water partition coefficient (Wildman–Crippen LogP) is 3.75. The van der Waals surface area contributed by atoms with E-state index in [1.165, 1.54) is 23.1 Å². The molecule has 0 saturated heterocycles. The number of amides is 1. The second kappa shape index (κ2) is 9.88. The minimum Gasteiger partial charge on any atom is -0.497 e. The number of carbonyl (C=O) groups excluding carboxylic acids is 1. The topological polar surface area (TPSA) is 100 Å². The van der Waals surface area contributed by atoms with Gasteiger partial charge in [-0.3, -0.25) is 4.79 Å². The van der Waals surface area contributed by atoms with Crippen molar-refractivity contribution in [1.29, 1.82) is 0 Å². The monoisotopic (exact) mass is 471 g/mol. The second-order valence-corrected chi connectivity index (χ2v) is 8.56. The minimum atomic E-state index is -0.171. The van der Waals surface area contributed by atoms with Crippen molar-refractivity contribution in [3.05, 3.63) is 48.3 Å². The Morgan fingerprint density at radius 2 is 1.94 bits per heavy atom. The number of fused-ring (bicyclic) bond motifs is 1. The van der Waals surface area contributed by atoms with Crippen molar-refractivity contribution < 1.29 is 19.0 Å².